The molecule has 3 rings (SSSR count). The number of piperidine rings is 1. The van der Waals surface area contributed by atoms with Crippen LogP contribution in [-0.2, 0) is 0 Å². The smallest absolute Gasteiger partial charge is 0.323 e. The molecule has 1 aliphatic rings. The van der Waals surface area contributed by atoms with Gasteiger partial charge in [-0.3, -0.25) is 0 Å². The lowest BCUT2D eigenvalue weighted by Gasteiger charge is -2.30. The monoisotopic (exact) mass is 329 g/mol. The number of anilines is 3. The average molecular weight is 329 g/mol. The predicted octanol–water partition coefficient (Wildman–Crippen LogP) is 3.50. The molecule has 24 heavy (non-hydrogen) atoms. The number of halogens is 1. The van der Waals surface area contributed by atoms with Crippen LogP contribution >= 0.6 is 0 Å². The minimum absolute atomic E-state index is 0.350. The highest BCUT2D eigenvalue weighted by Crippen LogP contribution is 2.20. The van der Waals surface area contributed by atoms with E-state index in [1.165, 1.54) is 24.3 Å². The van der Waals surface area contributed by atoms with Crippen molar-refractivity contribution in [3.63, 3.8) is 0 Å². The topological polar surface area (TPSA) is 70.2 Å². The Labute approximate surface area is 140 Å². The first-order valence-corrected chi connectivity index (χ1v) is 8.01. The zero-order valence-corrected chi connectivity index (χ0v) is 13.5. The van der Waals surface area contributed by atoms with Gasteiger partial charge in [-0.15, -0.1) is 0 Å². The molecule has 2 amide bonds. The molecule has 126 valence electrons. The summed E-state index contributed by atoms with van der Waals surface area (Å²) in [5, 5.41) is 5.27. The molecular formula is C17H20FN5O. The standard InChI is InChI=1S/C17H20FN5O/c1-12-6-8-23(9-7-12)16-19-10-15(11-20-16)22-17(24)21-14-4-2-13(18)3-5-14/h2-5,10-12H,6-9H2,1H3,(H2,21,22,24). The molecule has 1 saturated heterocycles. The summed E-state index contributed by atoms with van der Waals surface area (Å²) in [4.78, 5) is 22.7. The molecule has 0 aliphatic carbocycles. The number of benzene rings is 1. The number of amides is 2. The van der Waals surface area contributed by atoms with Crippen molar-refractivity contribution < 1.29 is 9.18 Å². The second-order valence-electron chi connectivity index (χ2n) is 6.03. The van der Waals surface area contributed by atoms with Crippen LogP contribution in [-0.4, -0.2) is 29.1 Å². The first kappa shape index (κ1) is 16.2. The molecule has 0 bridgehead atoms. The van der Waals surface area contributed by atoms with Gasteiger partial charge in [-0.1, -0.05) is 6.92 Å². The number of carbonyl (C=O) groups is 1. The van der Waals surface area contributed by atoms with Crippen molar-refractivity contribution in [3.8, 4) is 0 Å². The molecule has 6 nitrogen and oxygen atoms in total. The van der Waals surface area contributed by atoms with Crippen molar-refractivity contribution in [1.29, 1.82) is 0 Å². The Hall–Kier alpha value is -2.70. The van der Waals surface area contributed by atoms with Crippen LogP contribution < -0.4 is 15.5 Å². The number of hydrogen-bond acceptors (Lipinski definition) is 4. The molecule has 0 saturated carbocycles. The predicted molar refractivity (Wildman–Crippen MR) is 91.7 cm³/mol. The third-order valence-electron chi connectivity index (χ3n) is 4.06. The van der Waals surface area contributed by atoms with Gasteiger partial charge in [-0.25, -0.2) is 19.2 Å². The van der Waals surface area contributed by atoms with Gasteiger partial charge in [0.15, 0.2) is 0 Å². The molecule has 0 unspecified atom stereocenters. The van der Waals surface area contributed by atoms with E-state index < -0.39 is 6.03 Å². The maximum Gasteiger partial charge on any atom is 0.323 e. The van der Waals surface area contributed by atoms with E-state index in [0.29, 0.717) is 17.3 Å². The van der Waals surface area contributed by atoms with Gasteiger partial charge in [0.05, 0.1) is 18.1 Å². The number of nitrogens with one attached hydrogen (secondary N) is 2. The number of hydrogen-bond donors (Lipinski definition) is 2. The van der Waals surface area contributed by atoms with Gasteiger partial charge in [0.2, 0.25) is 5.95 Å². The fraction of sp³-hybridized carbons (Fsp3) is 0.353. The normalized spacial score (nSPS) is 15.2. The van der Waals surface area contributed by atoms with Crippen LogP contribution in [0.15, 0.2) is 36.7 Å². The summed E-state index contributed by atoms with van der Waals surface area (Å²) in [6.07, 6.45) is 5.46. The van der Waals surface area contributed by atoms with Crippen LogP contribution in [0.3, 0.4) is 0 Å². The molecule has 0 spiro atoms. The average Bonchev–Trinajstić information content (AvgIpc) is 2.58. The molecule has 0 atom stereocenters. The molecule has 1 aromatic carbocycles. The van der Waals surface area contributed by atoms with E-state index in [1.807, 2.05) is 0 Å². The Morgan fingerprint density at radius 2 is 1.67 bits per heavy atom. The number of urea groups is 1. The van der Waals surface area contributed by atoms with Crippen LogP contribution in [0.4, 0.5) is 26.5 Å². The summed E-state index contributed by atoms with van der Waals surface area (Å²) in [6.45, 7) is 4.17. The molecule has 1 fully saturated rings. The molecule has 0 radical (unpaired) electrons. The third-order valence-corrected chi connectivity index (χ3v) is 4.06. The molecule has 2 aromatic rings. The minimum Gasteiger partial charge on any atom is -0.341 e. The quantitative estimate of drug-likeness (QED) is 0.904. The number of carbonyl (C=O) groups excluding carboxylic acids is 1. The van der Waals surface area contributed by atoms with E-state index in [4.69, 9.17) is 0 Å². The summed E-state index contributed by atoms with van der Waals surface area (Å²) < 4.78 is 12.8. The van der Waals surface area contributed by atoms with Gasteiger partial charge in [0.25, 0.3) is 0 Å². The molecule has 1 aromatic heterocycles. The Kier molecular flexibility index (Phi) is 4.88. The van der Waals surface area contributed by atoms with E-state index in [1.54, 1.807) is 12.4 Å². The van der Waals surface area contributed by atoms with Gasteiger partial charge >= 0.3 is 6.03 Å². The van der Waals surface area contributed by atoms with Gasteiger partial charge < -0.3 is 15.5 Å². The molecular weight excluding hydrogens is 309 g/mol. The SMILES string of the molecule is CC1CCN(c2ncc(NC(=O)Nc3ccc(F)cc3)cn2)CC1. The van der Waals surface area contributed by atoms with Crippen LogP contribution in [0.5, 0.6) is 0 Å². The van der Waals surface area contributed by atoms with E-state index in [-0.39, 0.29) is 5.82 Å². The Morgan fingerprint density at radius 1 is 1.08 bits per heavy atom. The summed E-state index contributed by atoms with van der Waals surface area (Å²) in [5.74, 6) is 1.08. The summed E-state index contributed by atoms with van der Waals surface area (Å²) in [5.41, 5.74) is 1.01. The van der Waals surface area contributed by atoms with Crippen LogP contribution in [0, 0.1) is 11.7 Å². The van der Waals surface area contributed by atoms with Crippen LogP contribution in [0.1, 0.15) is 19.8 Å². The van der Waals surface area contributed by atoms with Crippen molar-refractivity contribution in [2.24, 2.45) is 5.92 Å². The fourth-order valence-electron chi connectivity index (χ4n) is 2.58. The van der Waals surface area contributed by atoms with E-state index >= 15 is 0 Å². The van der Waals surface area contributed by atoms with E-state index in [0.717, 1.165) is 31.8 Å². The van der Waals surface area contributed by atoms with Gasteiger partial charge in [0.1, 0.15) is 5.82 Å². The maximum absolute atomic E-state index is 12.8. The minimum atomic E-state index is -0.426. The third kappa shape index (κ3) is 4.18. The lowest BCUT2D eigenvalue weighted by atomic mass is 10.00. The summed E-state index contributed by atoms with van der Waals surface area (Å²) in [6, 6.07) is 5.13. The summed E-state index contributed by atoms with van der Waals surface area (Å²) in [7, 11) is 0. The summed E-state index contributed by atoms with van der Waals surface area (Å²) >= 11 is 0. The highest BCUT2D eigenvalue weighted by atomic mass is 19.1. The molecule has 2 N–H and O–H groups in total. The van der Waals surface area contributed by atoms with Crippen molar-refractivity contribution in [3.05, 3.63) is 42.5 Å². The number of nitrogens with zero attached hydrogens (tertiary/aromatic N) is 3. The Balaban J connectivity index is 1.55. The number of aromatic nitrogens is 2. The Morgan fingerprint density at radius 3 is 2.29 bits per heavy atom. The highest BCUT2D eigenvalue weighted by molar-refractivity contribution is 5.99. The van der Waals surface area contributed by atoms with E-state index in [9.17, 15) is 9.18 Å². The first-order valence-electron chi connectivity index (χ1n) is 8.01. The van der Waals surface area contributed by atoms with Crippen LogP contribution in [0.2, 0.25) is 0 Å². The first-order chi connectivity index (χ1) is 11.6. The van der Waals surface area contributed by atoms with Crippen molar-refractivity contribution in [2.45, 2.75) is 19.8 Å². The molecule has 7 heteroatoms. The fourth-order valence-corrected chi connectivity index (χ4v) is 2.58. The largest absolute Gasteiger partial charge is 0.341 e. The van der Waals surface area contributed by atoms with Gasteiger partial charge in [0, 0.05) is 18.8 Å². The van der Waals surface area contributed by atoms with Gasteiger partial charge in [-0.2, -0.15) is 0 Å². The van der Waals surface area contributed by atoms with Crippen molar-refractivity contribution in [2.75, 3.05) is 28.6 Å². The Bertz CT molecular complexity index is 681. The van der Waals surface area contributed by atoms with Crippen molar-refractivity contribution >= 4 is 23.4 Å². The second-order valence-corrected chi connectivity index (χ2v) is 6.03. The van der Waals surface area contributed by atoms with Crippen LogP contribution in [0.25, 0.3) is 0 Å². The van der Waals surface area contributed by atoms with Crippen molar-refractivity contribution in [1.82, 2.24) is 9.97 Å². The maximum atomic E-state index is 12.8. The zero-order chi connectivity index (χ0) is 16.9. The highest BCUT2D eigenvalue weighted by Gasteiger charge is 2.17. The molecule has 2 heterocycles. The zero-order valence-electron chi connectivity index (χ0n) is 13.5. The van der Waals surface area contributed by atoms with Gasteiger partial charge in [-0.05, 0) is 43.0 Å². The van der Waals surface area contributed by atoms with E-state index in [2.05, 4.69) is 32.4 Å². The lowest BCUT2D eigenvalue weighted by molar-refractivity contribution is 0.262. The second kappa shape index (κ2) is 7.25. The lowest BCUT2D eigenvalue weighted by Crippen LogP contribution is -2.34. The molecule has 1 aliphatic heterocycles. The number of rotatable bonds is 3.